The monoisotopic (exact) mass is 451 g/mol. The Balaban J connectivity index is 1.47. The lowest BCUT2D eigenvalue weighted by Crippen LogP contribution is -2.63. The van der Waals surface area contributed by atoms with Crippen LogP contribution in [0.4, 0.5) is 0 Å². The smallest absolute Gasteiger partial charge is 0.272 e. The summed E-state index contributed by atoms with van der Waals surface area (Å²) in [5.41, 5.74) is 1.53. The van der Waals surface area contributed by atoms with Gasteiger partial charge in [-0.3, -0.25) is 19.1 Å². The fourth-order valence-electron chi connectivity index (χ4n) is 4.70. The van der Waals surface area contributed by atoms with Gasteiger partial charge in [-0.2, -0.15) is 5.10 Å². The average Bonchev–Trinajstić information content (AvgIpc) is 3.04. The van der Waals surface area contributed by atoms with E-state index < -0.39 is 5.54 Å². The summed E-state index contributed by atoms with van der Waals surface area (Å²) in [6, 6.07) is 9.55. The van der Waals surface area contributed by atoms with Gasteiger partial charge in [-0.05, 0) is 32.3 Å². The molecule has 2 aromatic rings. The molecule has 1 atom stereocenters. The van der Waals surface area contributed by atoms with Gasteiger partial charge in [0, 0.05) is 25.7 Å². The van der Waals surface area contributed by atoms with Crippen LogP contribution in [0.1, 0.15) is 77.6 Å². The summed E-state index contributed by atoms with van der Waals surface area (Å²) in [6.45, 7) is 4.34. The summed E-state index contributed by atoms with van der Waals surface area (Å²) in [5, 5.41) is 10.4. The molecule has 3 amide bonds. The van der Waals surface area contributed by atoms with Gasteiger partial charge in [0.1, 0.15) is 11.2 Å². The molecule has 8 nitrogen and oxygen atoms in total. The number of nitrogens with zero attached hydrogens (tertiary/aromatic N) is 3. The molecule has 1 fully saturated rings. The summed E-state index contributed by atoms with van der Waals surface area (Å²) >= 11 is 0. The van der Waals surface area contributed by atoms with E-state index in [9.17, 15) is 14.4 Å². The summed E-state index contributed by atoms with van der Waals surface area (Å²) in [6.07, 6.45) is 6.57. The Bertz CT molecular complexity index is 1050. The number of hydrogen-bond acceptors (Lipinski definition) is 4. The van der Waals surface area contributed by atoms with Crippen molar-refractivity contribution in [2.45, 2.75) is 77.0 Å². The van der Waals surface area contributed by atoms with Gasteiger partial charge in [-0.25, -0.2) is 0 Å². The third-order valence-electron chi connectivity index (χ3n) is 6.95. The molecule has 1 unspecified atom stereocenters. The molecule has 0 saturated heterocycles. The predicted octanol–water partition coefficient (Wildman–Crippen LogP) is 2.80. The Morgan fingerprint density at radius 1 is 1.15 bits per heavy atom. The quantitative estimate of drug-likeness (QED) is 0.684. The number of carbonyl (C=O) groups excluding carboxylic acids is 3. The first-order valence-corrected chi connectivity index (χ1v) is 11.8. The number of fused-ring (bicyclic) bond motifs is 1. The minimum Gasteiger partial charge on any atom is -0.351 e. The van der Waals surface area contributed by atoms with E-state index in [4.69, 9.17) is 0 Å². The molecule has 1 aromatic carbocycles. The van der Waals surface area contributed by atoms with E-state index in [1.165, 1.54) is 28.5 Å². The molecule has 0 radical (unpaired) electrons. The number of likely N-dealkylation sites (N-methyl/N-ethyl adjacent to an activating group) is 1. The Morgan fingerprint density at radius 2 is 1.88 bits per heavy atom. The topological polar surface area (TPSA) is 96.3 Å². The number of hydrogen-bond donors (Lipinski definition) is 2. The highest BCUT2D eigenvalue weighted by molar-refractivity contribution is 6.01. The Kier molecular flexibility index (Phi) is 6.54. The molecule has 33 heavy (non-hydrogen) atoms. The summed E-state index contributed by atoms with van der Waals surface area (Å²) < 4.78 is 1.50. The van der Waals surface area contributed by atoms with Gasteiger partial charge in [-0.15, -0.1) is 0 Å². The Hall–Kier alpha value is -3.16. The van der Waals surface area contributed by atoms with Gasteiger partial charge in [0.05, 0.1) is 6.54 Å². The minimum atomic E-state index is -1.07. The van der Waals surface area contributed by atoms with E-state index in [1.807, 2.05) is 31.2 Å². The minimum absolute atomic E-state index is 0.141. The zero-order valence-electron chi connectivity index (χ0n) is 19.7. The van der Waals surface area contributed by atoms with Gasteiger partial charge in [-0.1, -0.05) is 55.5 Å². The largest absolute Gasteiger partial charge is 0.351 e. The van der Waals surface area contributed by atoms with Crippen molar-refractivity contribution in [3.8, 4) is 0 Å². The maximum Gasteiger partial charge on any atom is 0.272 e. The number of nitrogens with one attached hydrogen (secondary N) is 2. The first-order valence-electron chi connectivity index (χ1n) is 11.8. The van der Waals surface area contributed by atoms with E-state index in [1.54, 1.807) is 14.0 Å². The second kappa shape index (κ2) is 9.37. The maximum atomic E-state index is 13.3. The lowest BCUT2D eigenvalue weighted by atomic mass is 9.95. The van der Waals surface area contributed by atoms with Gasteiger partial charge in [0.25, 0.3) is 11.8 Å². The van der Waals surface area contributed by atoms with Gasteiger partial charge < -0.3 is 15.5 Å². The molecule has 2 aliphatic rings. The van der Waals surface area contributed by atoms with Gasteiger partial charge in [0.15, 0.2) is 5.69 Å². The van der Waals surface area contributed by atoms with Gasteiger partial charge in [0.2, 0.25) is 5.91 Å². The molecule has 2 heterocycles. The number of benzene rings is 1. The molecule has 8 heteroatoms. The summed E-state index contributed by atoms with van der Waals surface area (Å²) in [7, 11) is 1.64. The van der Waals surface area contributed by atoms with Crippen molar-refractivity contribution in [3.63, 3.8) is 0 Å². The van der Waals surface area contributed by atoms with Crippen LogP contribution in [0.15, 0.2) is 30.3 Å². The highest BCUT2D eigenvalue weighted by Gasteiger charge is 2.46. The van der Waals surface area contributed by atoms with Gasteiger partial charge >= 0.3 is 0 Å². The predicted molar refractivity (Wildman–Crippen MR) is 125 cm³/mol. The van der Waals surface area contributed by atoms with Crippen LogP contribution >= 0.6 is 0 Å². The first-order chi connectivity index (χ1) is 15.8. The molecule has 0 spiro atoms. The van der Waals surface area contributed by atoms with Crippen molar-refractivity contribution in [2.24, 2.45) is 0 Å². The molecule has 2 N–H and O–H groups in total. The van der Waals surface area contributed by atoms with Crippen molar-refractivity contribution < 1.29 is 14.4 Å². The van der Waals surface area contributed by atoms with Crippen LogP contribution in [-0.4, -0.2) is 51.0 Å². The Labute approximate surface area is 194 Å². The second-order valence-corrected chi connectivity index (χ2v) is 9.54. The van der Waals surface area contributed by atoms with E-state index in [2.05, 4.69) is 15.7 Å². The molecule has 1 saturated carbocycles. The fourth-order valence-corrected chi connectivity index (χ4v) is 4.70. The van der Waals surface area contributed by atoms with E-state index >= 15 is 0 Å². The molecular formula is C25H33N5O3. The normalized spacial score (nSPS) is 21.3. The number of carbonyl (C=O) groups is 3. The van der Waals surface area contributed by atoms with E-state index in [0.29, 0.717) is 12.2 Å². The molecule has 4 rings (SSSR count). The highest BCUT2D eigenvalue weighted by atomic mass is 16.2. The van der Waals surface area contributed by atoms with Crippen LogP contribution in [0.3, 0.4) is 0 Å². The van der Waals surface area contributed by atoms with Crippen molar-refractivity contribution in [2.75, 3.05) is 7.05 Å². The van der Waals surface area contributed by atoms with Crippen LogP contribution < -0.4 is 10.6 Å². The number of aryl methyl sites for hydroxylation is 1. The average molecular weight is 452 g/mol. The third-order valence-corrected chi connectivity index (χ3v) is 6.95. The van der Waals surface area contributed by atoms with Crippen LogP contribution in [0.2, 0.25) is 0 Å². The number of rotatable bonds is 5. The van der Waals surface area contributed by atoms with E-state index in [0.717, 1.165) is 36.8 Å². The molecule has 0 bridgehead atoms. The second-order valence-electron chi connectivity index (χ2n) is 9.54. The zero-order chi connectivity index (χ0) is 23.6. The number of aromatic nitrogens is 2. The zero-order valence-corrected chi connectivity index (χ0v) is 19.7. The van der Waals surface area contributed by atoms with Crippen molar-refractivity contribution >= 4 is 17.7 Å². The highest BCUT2D eigenvalue weighted by Crippen LogP contribution is 2.27. The van der Waals surface area contributed by atoms with Crippen LogP contribution in [0, 0.1) is 6.92 Å². The fraction of sp³-hybridized carbons (Fsp3) is 0.520. The van der Waals surface area contributed by atoms with Crippen molar-refractivity contribution in [1.29, 1.82) is 0 Å². The van der Waals surface area contributed by atoms with Crippen LogP contribution in [0.25, 0.3) is 0 Å². The molecule has 1 aromatic heterocycles. The SMILES string of the molecule is Cc1cccc(CNC(=O)c2cc3n(n2)CC(C)(C(=O)NC2CCCCCC2)N(C)C3=O)c1. The molecule has 1 aliphatic heterocycles. The standard InChI is InChI=1S/C25H33N5O3/c1-17-9-8-10-18(13-17)15-26-22(31)20-14-21-23(32)29(3)25(2,16-30(21)28-20)24(33)27-19-11-6-4-5-7-12-19/h8-10,13-14,19H,4-7,11-12,15-16H2,1-3H3,(H,26,31)(H,27,33). The summed E-state index contributed by atoms with van der Waals surface area (Å²) in [4.78, 5) is 40.5. The lowest BCUT2D eigenvalue weighted by Gasteiger charge is -2.41. The number of amides is 3. The maximum absolute atomic E-state index is 13.3. The molecule has 1 aliphatic carbocycles. The van der Waals surface area contributed by atoms with E-state index in [-0.39, 0.29) is 36.0 Å². The lowest BCUT2D eigenvalue weighted by molar-refractivity contribution is -0.133. The molecule has 176 valence electrons. The third kappa shape index (κ3) is 4.79. The van der Waals surface area contributed by atoms with Crippen LogP contribution in [0.5, 0.6) is 0 Å². The van der Waals surface area contributed by atoms with Crippen molar-refractivity contribution in [3.05, 3.63) is 52.8 Å². The molecular weight excluding hydrogens is 418 g/mol. The summed E-state index contributed by atoms with van der Waals surface area (Å²) in [5.74, 6) is -0.833. The van der Waals surface area contributed by atoms with Crippen molar-refractivity contribution in [1.82, 2.24) is 25.3 Å². The first kappa shape index (κ1) is 23.0. The van der Waals surface area contributed by atoms with Crippen LogP contribution in [-0.2, 0) is 17.9 Å². The Morgan fingerprint density at radius 3 is 2.58 bits per heavy atom.